The van der Waals surface area contributed by atoms with Crippen molar-refractivity contribution in [1.82, 2.24) is 4.90 Å². The van der Waals surface area contributed by atoms with Gasteiger partial charge in [-0.2, -0.15) is 0 Å². The number of furan rings is 1. The van der Waals surface area contributed by atoms with Crippen LogP contribution in [0, 0.1) is 0 Å². The summed E-state index contributed by atoms with van der Waals surface area (Å²) in [5.74, 6) is 0.868. The summed E-state index contributed by atoms with van der Waals surface area (Å²) in [4.78, 5) is 13.6. The molecule has 1 aliphatic heterocycles. The van der Waals surface area contributed by atoms with Crippen molar-refractivity contribution in [3.05, 3.63) is 24.2 Å². The number of amides is 1. The normalized spacial score (nSPS) is 21.5. The molecule has 0 radical (unpaired) electrons. The zero-order chi connectivity index (χ0) is 9.97. The summed E-state index contributed by atoms with van der Waals surface area (Å²) in [7, 11) is 0. The van der Waals surface area contributed by atoms with Gasteiger partial charge in [-0.3, -0.25) is 4.79 Å². The number of halogens is 1. The first-order valence-corrected chi connectivity index (χ1v) is 5.27. The first-order chi connectivity index (χ1) is 6.83. The summed E-state index contributed by atoms with van der Waals surface area (Å²) in [5, 5.41) is 0. The van der Waals surface area contributed by atoms with E-state index in [1.165, 1.54) is 6.26 Å². The fraction of sp³-hybridized carbons (Fsp3) is 0.500. The number of hydrogen-bond acceptors (Lipinski definition) is 2. The highest BCUT2D eigenvalue weighted by Gasteiger charge is 2.29. The minimum absolute atomic E-state index is 0.0434. The molecule has 2 heterocycles. The Balaban J connectivity index is 2.11. The van der Waals surface area contributed by atoms with Gasteiger partial charge in [-0.25, -0.2) is 0 Å². The Hall–Kier alpha value is -0.960. The highest BCUT2D eigenvalue weighted by molar-refractivity contribution is 6.18. The Morgan fingerprint density at radius 1 is 1.71 bits per heavy atom. The van der Waals surface area contributed by atoms with Crippen molar-refractivity contribution in [3.63, 3.8) is 0 Å². The minimum atomic E-state index is -0.0434. The van der Waals surface area contributed by atoms with Crippen LogP contribution in [-0.2, 0) is 0 Å². The first kappa shape index (κ1) is 9.59. The van der Waals surface area contributed by atoms with E-state index < -0.39 is 0 Å². The van der Waals surface area contributed by atoms with Crippen molar-refractivity contribution >= 4 is 17.5 Å². The largest absolute Gasteiger partial charge is 0.459 e. The summed E-state index contributed by atoms with van der Waals surface area (Å²) < 4.78 is 5.07. The van der Waals surface area contributed by atoms with Gasteiger partial charge in [0.2, 0.25) is 0 Å². The zero-order valence-electron chi connectivity index (χ0n) is 7.78. The van der Waals surface area contributed by atoms with E-state index in [4.69, 9.17) is 16.0 Å². The van der Waals surface area contributed by atoms with Gasteiger partial charge in [0.25, 0.3) is 5.91 Å². The van der Waals surface area contributed by atoms with Crippen LogP contribution < -0.4 is 0 Å². The molecule has 76 valence electrons. The molecule has 0 aliphatic carbocycles. The molecule has 1 atom stereocenters. The van der Waals surface area contributed by atoms with Gasteiger partial charge in [0.15, 0.2) is 5.76 Å². The molecule has 1 aliphatic rings. The maximum absolute atomic E-state index is 11.9. The molecule has 0 N–H and O–H groups in total. The average Bonchev–Trinajstić information content (AvgIpc) is 2.87. The SMILES string of the molecule is O=C(c1ccco1)N1CCC[C@@H]1CCl. The van der Waals surface area contributed by atoms with Gasteiger partial charge in [-0.05, 0) is 25.0 Å². The van der Waals surface area contributed by atoms with Crippen LogP contribution in [0.25, 0.3) is 0 Å². The Bertz CT molecular complexity index is 310. The molecule has 0 bridgehead atoms. The number of likely N-dealkylation sites (tertiary alicyclic amines) is 1. The molecule has 1 amide bonds. The van der Waals surface area contributed by atoms with Crippen molar-refractivity contribution in [1.29, 1.82) is 0 Å². The predicted molar refractivity (Wildman–Crippen MR) is 53.5 cm³/mol. The van der Waals surface area contributed by atoms with E-state index in [0.717, 1.165) is 19.4 Å². The number of rotatable bonds is 2. The Kier molecular flexibility index (Phi) is 2.77. The number of carbonyl (C=O) groups is 1. The third-order valence-corrected chi connectivity index (χ3v) is 2.90. The van der Waals surface area contributed by atoms with Crippen molar-refractivity contribution in [3.8, 4) is 0 Å². The number of hydrogen-bond donors (Lipinski definition) is 0. The number of alkyl halides is 1. The third kappa shape index (κ3) is 1.64. The quantitative estimate of drug-likeness (QED) is 0.706. The van der Waals surface area contributed by atoms with Crippen molar-refractivity contribution < 1.29 is 9.21 Å². The van der Waals surface area contributed by atoms with Crippen molar-refractivity contribution in [2.24, 2.45) is 0 Å². The van der Waals surface area contributed by atoms with Gasteiger partial charge in [0.1, 0.15) is 0 Å². The molecular weight excluding hydrogens is 202 g/mol. The van der Waals surface area contributed by atoms with Gasteiger partial charge in [-0.1, -0.05) is 0 Å². The topological polar surface area (TPSA) is 33.5 Å². The lowest BCUT2D eigenvalue weighted by Gasteiger charge is -2.21. The highest BCUT2D eigenvalue weighted by atomic mass is 35.5. The van der Waals surface area contributed by atoms with Crippen LogP contribution in [0.15, 0.2) is 22.8 Å². The van der Waals surface area contributed by atoms with Crippen LogP contribution in [0.2, 0.25) is 0 Å². The van der Waals surface area contributed by atoms with E-state index in [1.54, 1.807) is 17.0 Å². The molecule has 2 rings (SSSR count). The molecule has 1 saturated heterocycles. The third-order valence-electron chi connectivity index (χ3n) is 2.55. The Labute approximate surface area is 87.6 Å². The van der Waals surface area contributed by atoms with E-state index in [-0.39, 0.29) is 11.9 Å². The first-order valence-electron chi connectivity index (χ1n) is 4.73. The van der Waals surface area contributed by atoms with Crippen LogP contribution in [0.1, 0.15) is 23.4 Å². The van der Waals surface area contributed by atoms with Gasteiger partial charge in [-0.15, -0.1) is 11.6 Å². The van der Waals surface area contributed by atoms with Crippen molar-refractivity contribution in [2.45, 2.75) is 18.9 Å². The lowest BCUT2D eigenvalue weighted by Crippen LogP contribution is -2.36. The maximum Gasteiger partial charge on any atom is 0.289 e. The van der Waals surface area contributed by atoms with Crippen LogP contribution in [0.4, 0.5) is 0 Å². The molecule has 14 heavy (non-hydrogen) atoms. The summed E-state index contributed by atoms with van der Waals surface area (Å²) in [6, 6.07) is 3.58. The second-order valence-electron chi connectivity index (χ2n) is 3.43. The molecular formula is C10H12ClNO2. The lowest BCUT2D eigenvalue weighted by atomic mass is 10.2. The number of nitrogens with zero attached hydrogens (tertiary/aromatic N) is 1. The second-order valence-corrected chi connectivity index (χ2v) is 3.73. The zero-order valence-corrected chi connectivity index (χ0v) is 8.54. The monoisotopic (exact) mass is 213 g/mol. The number of carbonyl (C=O) groups excluding carboxylic acids is 1. The van der Waals surface area contributed by atoms with Crippen LogP contribution in [0.5, 0.6) is 0 Å². The summed E-state index contributed by atoms with van der Waals surface area (Å²) >= 11 is 5.78. The van der Waals surface area contributed by atoms with Crippen LogP contribution >= 0.6 is 11.6 Å². The van der Waals surface area contributed by atoms with Gasteiger partial charge in [0.05, 0.1) is 6.26 Å². The van der Waals surface area contributed by atoms with Gasteiger partial charge >= 0.3 is 0 Å². The fourth-order valence-corrected chi connectivity index (χ4v) is 2.13. The van der Waals surface area contributed by atoms with E-state index >= 15 is 0 Å². The summed E-state index contributed by atoms with van der Waals surface area (Å²) in [6.07, 6.45) is 3.54. The molecule has 0 unspecified atom stereocenters. The minimum Gasteiger partial charge on any atom is -0.459 e. The van der Waals surface area contributed by atoms with E-state index in [1.807, 2.05) is 0 Å². The molecule has 3 nitrogen and oxygen atoms in total. The van der Waals surface area contributed by atoms with Crippen LogP contribution in [-0.4, -0.2) is 29.3 Å². The average molecular weight is 214 g/mol. The highest BCUT2D eigenvalue weighted by Crippen LogP contribution is 2.20. The fourth-order valence-electron chi connectivity index (χ4n) is 1.81. The molecule has 1 fully saturated rings. The Morgan fingerprint density at radius 2 is 2.57 bits per heavy atom. The molecule has 4 heteroatoms. The molecule has 0 spiro atoms. The summed E-state index contributed by atoms with van der Waals surface area (Å²) in [6.45, 7) is 0.789. The second kappa shape index (κ2) is 4.05. The van der Waals surface area contributed by atoms with Crippen molar-refractivity contribution in [2.75, 3.05) is 12.4 Å². The maximum atomic E-state index is 11.9. The standard InChI is InChI=1S/C10H12ClNO2/c11-7-8-3-1-5-12(8)10(13)9-4-2-6-14-9/h2,4,6,8H,1,3,5,7H2/t8-/m1/s1. The Morgan fingerprint density at radius 3 is 3.21 bits per heavy atom. The van der Waals surface area contributed by atoms with E-state index in [9.17, 15) is 4.79 Å². The van der Waals surface area contributed by atoms with Gasteiger partial charge < -0.3 is 9.32 Å². The predicted octanol–water partition coefficient (Wildman–Crippen LogP) is 2.12. The van der Waals surface area contributed by atoms with Crippen LogP contribution in [0.3, 0.4) is 0 Å². The lowest BCUT2D eigenvalue weighted by molar-refractivity contribution is 0.0717. The molecule has 0 saturated carbocycles. The molecule has 1 aromatic heterocycles. The van der Waals surface area contributed by atoms with E-state index in [2.05, 4.69) is 0 Å². The molecule has 1 aromatic rings. The van der Waals surface area contributed by atoms with Gasteiger partial charge in [0, 0.05) is 18.5 Å². The van der Waals surface area contributed by atoms with E-state index in [0.29, 0.717) is 11.6 Å². The molecule has 0 aromatic carbocycles. The smallest absolute Gasteiger partial charge is 0.289 e. The summed E-state index contributed by atoms with van der Waals surface area (Å²) in [5.41, 5.74) is 0.